The van der Waals surface area contributed by atoms with E-state index in [4.69, 9.17) is 4.74 Å². The normalized spacial score (nSPS) is 14.1. The molecule has 0 fully saturated rings. The first-order valence-corrected chi connectivity index (χ1v) is 17.9. The molecule has 0 aliphatic carbocycles. The van der Waals surface area contributed by atoms with Crippen molar-refractivity contribution in [2.24, 2.45) is 0 Å². The number of phenols is 1. The van der Waals surface area contributed by atoms with Crippen LogP contribution in [0.1, 0.15) is 70.7 Å². The summed E-state index contributed by atoms with van der Waals surface area (Å²) < 4.78 is 3.06. The Morgan fingerprint density at radius 3 is 1.68 bits per heavy atom. The lowest BCUT2D eigenvalue weighted by molar-refractivity contribution is -0.143. The van der Waals surface area contributed by atoms with E-state index in [9.17, 15) is 39.0 Å². The number of phenolic OH excluding ortho intramolecular Hbond substituents is 1. The van der Waals surface area contributed by atoms with E-state index in [1.165, 1.54) is 26.0 Å². The number of aliphatic carboxylic acids is 1. The van der Waals surface area contributed by atoms with Crippen LogP contribution in [0, 0.1) is 13.8 Å². The van der Waals surface area contributed by atoms with E-state index >= 15 is 0 Å². The lowest BCUT2D eigenvalue weighted by atomic mass is 9.95. The fourth-order valence-corrected chi connectivity index (χ4v) is 5.68. The summed E-state index contributed by atoms with van der Waals surface area (Å²) >= 11 is 8.83. The van der Waals surface area contributed by atoms with Gasteiger partial charge in [0.25, 0.3) is 0 Å². The maximum absolute atomic E-state index is 13.8. The van der Waals surface area contributed by atoms with Crippen LogP contribution in [0.5, 0.6) is 5.75 Å². The van der Waals surface area contributed by atoms with Crippen molar-refractivity contribution in [2.75, 3.05) is 6.54 Å². The summed E-state index contributed by atoms with van der Waals surface area (Å²) in [5.74, 6) is -4.33. The first-order chi connectivity index (χ1) is 24.3. The Labute approximate surface area is 321 Å². The van der Waals surface area contributed by atoms with Gasteiger partial charge in [0.05, 0.1) is 6.54 Å². The van der Waals surface area contributed by atoms with Gasteiger partial charge in [-0.05, 0) is 96.7 Å². The number of nitrogens with one attached hydrogen (secondary N) is 5. The zero-order chi connectivity index (χ0) is 40.5. The molecule has 53 heavy (non-hydrogen) atoms. The fourth-order valence-electron chi connectivity index (χ4n) is 5.32. The number of aryl methyl sites for hydroxylation is 2. The van der Waals surface area contributed by atoms with E-state index in [0.29, 0.717) is 22.3 Å². The zero-order valence-electron chi connectivity index (χ0n) is 31.6. The summed E-state index contributed by atoms with van der Waals surface area (Å²) in [6, 6.07) is 6.66. The number of hydrogen-bond donors (Lipinski definition) is 9. The lowest BCUT2D eigenvalue weighted by Gasteiger charge is -2.31. The molecule has 0 radical (unpaired) electrons. The maximum atomic E-state index is 13.8. The van der Waals surface area contributed by atoms with E-state index in [1.54, 1.807) is 78.8 Å². The Balaban J connectivity index is 2.28. The number of hydrogen-bond acceptors (Lipinski definition) is 10. The first kappa shape index (κ1) is 44.7. The molecule has 0 aliphatic rings. The Morgan fingerprint density at radius 1 is 0.717 bits per heavy atom. The summed E-state index contributed by atoms with van der Waals surface area (Å²) in [5, 5.41) is 32.4. The Morgan fingerprint density at radius 2 is 1.21 bits per heavy atom. The molecule has 2 aromatic carbocycles. The van der Waals surface area contributed by atoms with E-state index in [0.717, 1.165) is 0 Å². The van der Waals surface area contributed by atoms with Crippen LogP contribution in [0.15, 0.2) is 42.5 Å². The fraction of sp³-hybridized carbons (Fsp3) is 0.514. The summed E-state index contributed by atoms with van der Waals surface area (Å²) in [6.45, 7) is 14.1. The second kappa shape index (κ2) is 18.5. The number of carboxylic acid groups (broad SMARTS) is 1. The van der Waals surface area contributed by atoms with Gasteiger partial charge in [-0.1, -0.05) is 30.3 Å². The van der Waals surface area contributed by atoms with Gasteiger partial charge in [-0.2, -0.15) is 25.3 Å². The van der Waals surface area contributed by atoms with Crippen molar-refractivity contribution in [2.45, 2.75) is 114 Å². The van der Waals surface area contributed by atoms with Crippen molar-refractivity contribution in [3.63, 3.8) is 0 Å². The third-order valence-corrected chi connectivity index (χ3v) is 8.47. The van der Waals surface area contributed by atoms with Gasteiger partial charge < -0.3 is 41.5 Å². The van der Waals surface area contributed by atoms with Crippen LogP contribution in [0.2, 0.25) is 0 Å². The van der Waals surface area contributed by atoms with Crippen LogP contribution in [0.25, 0.3) is 0 Å². The van der Waals surface area contributed by atoms with Gasteiger partial charge in [-0.3, -0.25) is 19.2 Å². The predicted molar refractivity (Wildman–Crippen MR) is 207 cm³/mol. The van der Waals surface area contributed by atoms with E-state index in [2.05, 4.69) is 51.8 Å². The highest BCUT2D eigenvalue weighted by Crippen LogP contribution is 2.24. The van der Waals surface area contributed by atoms with Crippen LogP contribution >= 0.6 is 25.3 Å². The van der Waals surface area contributed by atoms with Gasteiger partial charge in [-0.15, -0.1) is 0 Å². The van der Waals surface area contributed by atoms with Crippen molar-refractivity contribution >= 4 is 60.9 Å². The highest BCUT2D eigenvalue weighted by atomic mass is 32.1. The molecule has 0 bridgehead atoms. The molecule has 0 aliphatic heterocycles. The number of carbonyl (C=O) groups excluding carboxylic acids is 5. The molecule has 0 saturated carbocycles. The first-order valence-electron chi connectivity index (χ1n) is 17.0. The topological polar surface area (TPSA) is 212 Å². The Kier molecular flexibility index (Phi) is 15.6. The molecule has 0 heterocycles. The number of carboxylic acids is 1. The van der Waals surface area contributed by atoms with E-state index < -0.39 is 81.5 Å². The largest absolute Gasteiger partial charge is 0.508 e. The van der Waals surface area contributed by atoms with Crippen LogP contribution in [-0.2, 0) is 41.6 Å². The highest BCUT2D eigenvalue weighted by molar-refractivity contribution is 7.82. The van der Waals surface area contributed by atoms with Crippen LogP contribution in [0.3, 0.4) is 0 Å². The molecule has 4 atom stereocenters. The van der Waals surface area contributed by atoms with Crippen molar-refractivity contribution in [1.29, 1.82) is 0 Å². The molecule has 0 spiro atoms. The third-order valence-electron chi connectivity index (χ3n) is 7.95. The van der Waals surface area contributed by atoms with Crippen LogP contribution < -0.4 is 26.6 Å². The molecule has 0 unspecified atom stereocenters. The van der Waals surface area contributed by atoms with Crippen molar-refractivity contribution in [3.05, 3.63) is 64.7 Å². The zero-order valence-corrected chi connectivity index (χ0v) is 33.4. The molecule has 292 valence electrons. The molecule has 2 rings (SSSR count). The van der Waals surface area contributed by atoms with Crippen molar-refractivity contribution in [1.82, 2.24) is 26.6 Å². The second-order valence-corrected chi connectivity index (χ2v) is 17.3. The van der Waals surface area contributed by atoms with Gasteiger partial charge in [0.1, 0.15) is 35.5 Å². The van der Waals surface area contributed by atoms with E-state index in [-0.39, 0.29) is 18.6 Å². The summed E-state index contributed by atoms with van der Waals surface area (Å²) in [5.41, 5.74) is 1.85. The lowest BCUT2D eigenvalue weighted by Crippen LogP contribution is -2.61. The number of carbonyl (C=O) groups is 6. The maximum Gasteiger partial charge on any atom is 0.408 e. The average molecular weight is 776 g/mol. The molecule has 16 heteroatoms. The molecular weight excluding hydrogens is 723 g/mol. The quantitative estimate of drug-likeness (QED) is 0.115. The predicted octanol–water partition coefficient (Wildman–Crippen LogP) is 2.76. The summed E-state index contributed by atoms with van der Waals surface area (Å²) in [7, 11) is 0. The number of ether oxygens (including phenoxy) is 1. The van der Waals surface area contributed by atoms with Gasteiger partial charge in [0.15, 0.2) is 0 Å². The van der Waals surface area contributed by atoms with Gasteiger partial charge in [0, 0.05) is 22.3 Å². The average Bonchev–Trinajstić information content (AvgIpc) is 3.00. The minimum atomic E-state index is -1.38. The van der Waals surface area contributed by atoms with E-state index in [1.807, 2.05) is 0 Å². The van der Waals surface area contributed by atoms with Gasteiger partial charge in [-0.25, -0.2) is 9.59 Å². The number of aromatic hydroxyl groups is 1. The molecular formula is C37H53N5O9S2. The molecule has 5 amide bonds. The monoisotopic (exact) mass is 775 g/mol. The summed E-state index contributed by atoms with van der Waals surface area (Å²) in [4.78, 5) is 78.6. The minimum absolute atomic E-state index is 0.00916. The summed E-state index contributed by atoms with van der Waals surface area (Å²) in [6.07, 6.45) is -0.860. The van der Waals surface area contributed by atoms with Crippen LogP contribution in [0.4, 0.5) is 4.79 Å². The molecule has 14 nitrogen and oxygen atoms in total. The second-order valence-electron chi connectivity index (χ2n) is 15.0. The Hall–Kier alpha value is -4.44. The van der Waals surface area contributed by atoms with Crippen molar-refractivity contribution < 1.29 is 43.7 Å². The number of thiol groups is 2. The van der Waals surface area contributed by atoms with Gasteiger partial charge >= 0.3 is 12.1 Å². The number of rotatable bonds is 16. The molecule has 0 saturated heterocycles. The number of amides is 5. The molecule has 2 aromatic rings. The highest BCUT2D eigenvalue weighted by Gasteiger charge is 2.38. The molecule has 0 aromatic heterocycles. The standard InChI is InChI=1S/C37H53N5O9S2/c1-20-15-23(43)16-21(2)24(20)18-26(40-34(50)51-35(3,4)5)31(46)41-28(36(6,7)52)32(47)38-19-27(44)39-25(17-22-13-11-10-12-14-22)30(45)42-29(33(48)49)37(8,9)53/h10-16,25-26,28-29,43,52-53H,17-19H2,1-9H3,(H,38,47)(H,39,44)(H,40,50)(H,41,46)(H,42,45)(H,48,49)/t25-,26-,28-,29-/m0/s1. The third kappa shape index (κ3) is 14.8. The van der Waals surface area contributed by atoms with Gasteiger partial charge in [0.2, 0.25) is 23.6 Å². The number of benzene rings is 2. The van der Waals surface area contributed by atoms with Crippen LogP contribution in [-0.4, -0.2) is 91.7 Å². The molecule has 7 N–H and O–H groups in total. The minimum Gasteiger partial charge on any atom is -0.508 e. The number of alkyl carbamates (subject to hydrolysis) is 1. The smallest absolute Gasteiger partial charge is 0.408 e. The Bertz CT molecular complexity index is 1630. The van der Waals surface area contributed by atoms with Crippen molar-refractivity contribution in [3.8, 4) is 5.75 Å². The SMILES string of the molecule is Cc1cc(O)cc(C)c1C[C@H](NC(=O)OC(C)(C)C)C(=O)N[C@@H](C(=O)NCC(=O)N[C@@H](Cc1ccccc1)C(=O)N[C@@H](C(=O)O)C(C)(C)S)C(C)(C)S.